The standard InChI is InChI=1S/C23H35BrN2O5/c1-22(2,3)31-21(29)26(6)25-19(27)18(16-11-10-12-17(24)15-16)13-8-9-14-23(4,5)20(28)30-7/h10-12,15,18H,8-9,13-14H2,1-7H3,(H,25,27). The average Bonchev–Trinajstić information content (AvgIpc) is 2.65. The van der Waals surface area contributed by atoms with Gasteiger partial charge in [0.15, 0.2) is 0 Å². The van der Waals surface area contributed by atoms with E-state index in [-0.39, 0.29) is 11.9 Å². The lowest BCUT2D eigenvalue weighted by Crippen LogP contribution is -2.47. The van der Waals surface area contributed by atoms with Crippen LogP contribution >= 0.6 is 15.9 Å². The molecule has 0 aliphatic carbocycles. The number of carbonyl (C=O) groups is 3. The van der Waals surface area contributed by atoms with Crippen LogP contribution in [0.1, 0.15) is 71.8 Å². The van der Waals surface area contributed by atoms with Crippen molar-refractivity contribution in [3.8, 4) is 0 Å². The Hall–Kier alpha value is -2.09. The summed E-state index contributed by atoms with van der Waals surface area (Å²) >= 11 is 3.45. The molecular formula is C23H35BrN2O5. The summed E-state index contributed by atoms with van der Waals surface area (Å²) in [5.41, 5.74) is 2.25. The minimum absolute atomic E-state index is 0.243. The zero-order chi connectivity index (χ0) is 23.8. The molecule has 0 aliphatic heterocycles. The highest BCUT2D eigenvalue weighted by Gasteiger charge is 2.29. The number of methoxy groups -OCH3 is 1. The minimum Gasteiger partial charge on any atom is -0.469 e. The van der Waals surface area contributed by atoms with Crippen LogP contribution in [0.5, 0.6) is 0 Å². The van der Waals surface area contributed by atoms with Crippen LogP contribution in [0.4, 0.5) is 4.79 Å². The van der Waals surface area contributed by atoms with Crippen LogP contribution in [-0.2, 0) is 19.1 Å². The molecule has 1 aromatic carbocycles. The van der Waals surface area contributed by atoms with Crippen LogP contribution < -0.4 is 5.43 Å². The van der Waals surface area contributed by atoms with Crippen molar-refractivity contribution < 1.29 is 23.9 Å². The molecule has 1 unspecified atom stereocenters. The number of rotatable bonds is 8. The fourth-order valence-corrected chi connectivity index (χ4v) is 3.50. The number of hydrazine groups is 1. The number of carbonyl (C=O) groups excluding carboxylic acids is 3. The number of hydrogen-bond donors (Lipinski definition) is 1. The molecule has 1 aromatic rings. The second kappa shape index (κ2) is 11.5. The molecule has 1 atom stereocenters. The van der Waals surface area contributed by atoms with Crippen molar-refractivity contribution in [2.75, 3.05) is 14.2 Å². The van der Waals surface area contributed by atoms with Gasteiger partial charge in [-0.05, 0) is 65.2 Å². The minimum atomic E-state index is -0.661. The number of nitrogens with zero attached hydrogens (tertiary/aromatic N) is 1. The van der Waals surface area contributed by atoms with E-state index in [0.717, 1.165) is 27.9 Å². The number of halogens is 1. The monoisotopic (exact) mass is 498 g/mol. The van der Waals surface area contributed by atoms with E-state index in [1.807, 2.05) is 38.1 Å². The lowest BCUT2D eigenvalue weighted by atomic mass is 9.85. The fourth-order valence-electron chi connectivity index (χ4n) is 3.09. The maximum atomic E-state index is 13.0. The molecule has 0 aromatic heterocycles. The summed E-state index contributed by atoms with van der Waals surface area (Å²) in [7, 11) is 2.85. The predicted molar refractivity (Wildman–Crippen MR) is 123 cm³/mol. The number of amides is 2. The van der Waals surface area contributed by atoms with Crippen molar-refractivity contribution in [1.29, 1.82) is 0 Å². The summed E-state index contributed by atoms with van der Waals surface area (Å²) in [6.07, 6.45) is 2.10. The van der Waals surface area contributed by atoms with Crippen LogP contribution in [0.15, 0.2) is 28.7 Å². The van der Waals surface area contributed by atoms with Gasteiger partial charge in [0.05, 0.1) is 18.4 Å². The van der Waals surface area contributed by atoms with Gasteiger partial charge in [0.1, 0.15) is 5.60 Å². The van der Waals surface area contributed by atoms with Gasteiger partial charge in [0.25, 0.3) is 0 Å². The number of nitrogens with one attached hydrogen (secondary N) is 1. The van der Waals surface area contributed by atoms with Gasteiger partial charge in [0, 0.05) is 11.5 Å². The highest BCUT2D eigenvalue weighted by atomic mass is 79.9. The summed E-state index contributed by atoms with van der Waals surface area (Å²) in [4.78, 5) is 37.1. The molecular weight excluding hydrogens is 464 g/mol. The molecule has 8 heteroatoms. The zero-order valence-electron chi connectivity index (χ0n) is 19.6. The van der Waals surface area contributed by atoms with E-state index in [1.54, 1.807) is 20.8 Å². The summed E-state index contributed by atoms with van der Waals surface area (Å²) in [6, 6.07) is 7.55. The Balaban J connectivity index is 2.84. The van der Waals surface area contributed by atoms with E-state index in [2.05, 4.69) is 21.4 Å². The maximum absolute atomic E-state index is 13.0. The number of ether oxygens (including phenoxy) is 2. The Morgan fingerprint density at radius 2 is 1.77 bits per heavy atom. The quantitative estimate of drug-likeness (QED) is 0.302. The first-order valence-electron chi connectivity index (χ1n) is 10.4. The van der Waals surface area contributed by atoms with E-state index in [4.69, 9.17) is 9.47 Å². The number of unbranched alkanes of at least 4 members (excludes halogenated alkanes) is 1. The highest BCUT2D eigenvalue weighted by molar-refractivity contribution is 9.10. The molecule has 0 spiro atoms. The second-order valence-corrected chi connectivity index (χ2v) is 10.2. The smallest absolute Gasteiger partial charge is 0.428 e. The molecule has 7 nitrogen and oxygen atoms in total. The molecule has 31 heavy (non-hydrogen) atoms. The molecule has 0 fully saturated rings. The van der Waals surface area contributed by atoms with Gasteiger partial charge >= 0.3 is 12.1 Å². The topological polar surface area (TPSA) is 84.9 Å². The lowest BCUT2D eigenvalue weighted by molar-refractivity contribution is -0.151. The van der Waals surface area contributed by atoms with Gasteiger partial charge in [-0.1, -0.05) is 40.9 Å². The average molecular weight is 499 g/mol. The van der Waals surface area contributed by atoms with Crippen LogP contribution in [0, 0.1) is 5.41 Å². The van der Waals surface area contributed by atoms with Crippen LogP contribution in [-0.4, -0.2) is 42.7 Å². The zero-order valence-corrected chi connectivity index (χ0v) is 21.2. The summed E-state index contributed by atoms with van der Waals surface area (Å²) in [5.74, 6) is -0.991. The van der Waals surface area contributed by atoms with Crippen molar-refractivity contribution in [1.82, 2.24) is 10.4 Å². The third-order valence-electron chi connectivity index (χ3n) is 4.80. The van der Waals surface area contributed by atoms with Crippen LogP contribution in [0.3, 0.4) is 0 Å². The molecule has 174 valence electrons. The molecule has 1 rings (SSSR count). The number of esters is 1. The van der Waals surface area contributed by atoms with Gasteiger partial charge in [-0.25, -0.2) is 9.80 Å². The van der Waals surface area contributed by atoms with Crippen LogP contribution in [0.2, 0.25) is 0 Å². The van der Waals surface area contributed by atoms with E-state index >= 15 is 0 Å². The Kier molecular flexibility index (Phi) is 10.0. The third kappa shape index (κ3) is 9.29. The Bertz CT molecular complexity index is 773. The summed E-state index contributed by atoms with van der Waals surface area (Å²) in [5, 5.41) is 1.07. The number of hydrogen-bond acceptors (Lipinski definition) is 5. The summed E-state index contributed by atoms with van der Waals surface area (Å²) in [6.45, 7) is 9.00. The molecule has 0 bridgehead atoms. The van der Waals surface area contributed by atoms with E-state index in [9.17, 15) is 14.4 Å². The first-order valence-corrected chi connectivity index (χ1v) is 11.2. The largest absolute Gasteiger partial charge is 0.469 e. The van der Waals surface area contributed by atoms with Crippen molar-refractivity contribution in [2.24, 2.45) is 5.41 Å². The Morgan fingerprint density at radius 1 is 1.13 bits per heavy atom. The van der Waals surface area contributed by atoms with Gasteiger partial charge in [-0.2, -0.15) is 0 Å². The highest BCUT2D eigenvalue weighted by Crippen LogP contribution is 2.29. The van der Waals surface area contributed by atoms with E-state index in [1.165, 1.54) is 14.2 Å². The second-order valence-electron chi connectivity index (χ2n) is 9.24. The molecule has 2 amide bonds. The molecule has 1 N–H and O–H groups in total. The first-order chi connectivity index (χ1) is 14.3. The molecule has 0 saturated carbocycles. The first kappa shape index (κ1) is 26.9. The molecule has 0 aliphatic rings. The summed E-state index contributed by atoms with van der Waals surface area (Å²) < 4.78 is 11.0. The lowest BCUT2D eigenvalue weighted by Gasteiger charge is -2.27. The van der Waals surface area contributed by atoms with Crippen LogP contribution in [0.25, 0.3) is 0 Å². The Labute approximate surface area is 193 Å². The SMILES string of the molecule is COC(=O)C(C)(C)CCCCC(C(=O)NN(C)C(=O)OC(C)(C)C)c1cccc(Br)c1. The molecule has 0 saturated heterocycles. The van der Waals surface area contributed by atoms with E-state index < -0.39 is 23.0 Å². The fraction of sp³-hybridized carbons (Fsp3) is 0.609. The Morgan fingerprint density at radius 3 is 2.32 bits per heavy atom. The van der Waals surface area contributed by atoms with Gasteiger partial charge < -0.3 is 9.47 Å². The third-order valence-corrected chi connectivity index (χ3v) is 5.29. The van der Waals surface area contributed by atoms with Gasteiger partial charge in [-0.15, -0.1) is 0 Å². The number of benzene rings is 1. The van der Waals surface area contributed by atoms with Gasteiger partial charge in [-0.3, -0.25) is 15.0 Å². The van der Waals surface area contributed by atoms with Crippen molar-refractivity contribution in [3.05, 3.63) is 34.3 Å². The normalized spacial score (nSPS) is 12.6. The van der Waals surface area contributed by atoms with Crippen molar-refractivity contribution in [3.63, 3.8) is 0 Å². The van der Waals surface area contributed by atoms with Crippen molar-refractivity contribution in [2.45, 2.75) is 71.8 Å². The molecule has 0 heterocycles. The molecule has 0 radical (unpaired) electrons. The van der Waals surface area contributed by atoms with Crippen molar-refractivity contribution >= 4 is 33.9 Å². The van der Waals surface area contributed by atoms with E-state index in [0.29, 0.717) is 12.8 Å². The van der Waals surface area contributed by atoms with Gasteiger partial charge in [0.2, 0.25) is 5.91 Å². The maximum Gasteiger partial charge on any atom is 0.428 e. The predicted octanol–water partition coefficient (Wildman–Crippen LogP) is 5.19.